The largest absolute Gasteiger partial charge is 0.356 e. The van der Waals surface area contributed by atoms with Crippen LogP contribution < -0.4 is 5.32 Å². The number of halogens is 1. The summed E-state index contributed by atoms with van der Waals surface area (Å²) in [5.41, 5.74) is 2.68. The van der Waals surface area contributed by atoms with Crippen LogP contribution in [0.25, 0.3) is 11.3 Å². The van der Waals surface area contributed by atoms with Crippen LogP contribution in [0.1, 0.15) is 31.4 Å². The zero-order chi connectivity index (χ0) is 21.9. The summed E-state index contributed by atoms with van der Waals surface area (Å²) in [6.07, 6.45) is 2.25. The molecule has 0 aliphatic heterocycles. The minimum atomic E-state index is -4.31. The standard InChI is InChI=1S/C21H22ClN2O5P/c1-21(2,30(26,27)28)16-6-10-18(11-7-16)24-19(25)12-5-15-13-23-29-20(15)14-3-8-17(22)9-4-14/h3-4,6-11,13H,5,12H2,1-2H3,(H,24,25)(H2,26,27,28). The molecule has 3 rings (SSSR count). The van der Waals surface area contributed by atoms with Gasteiger partial charge in [0.25, 0.3) is 0 Å². The summed E-state index contributed by atoms with van der Waals surface area (Å²) in [4.78, 5) is 31.4. The van der Waals surface area contributed by atoms with Crippen LogP contribution in [-0.4, -0.2) is 20.9 Å². The Morgan fingerprint density at radius 2 is 1.77 bits per heavy atom. The minimum Gasteiger partial charge on any atom is -0.356 e. The third-order valence-corrected chi connectivity index (χ3v) is 6.94. The van der Waals surface area contributed by atoms with Gasteiger partial charge in [-0.1, -0.05) is 28.9 Å². The maximum atomic E-state index is 12.3. The van der Waals surface area contributed by atoms with Gasteiger partial charge in [0, 0.05) is 28.3 Å². The van der Waals surface area contributed by atoms with Crippen molar-refractivity contribution in [3.05, 3.63) is 70.9 Å². The normalized spacial score (nSPS) is 12.0. The van der Waals surface area contributed by atoms with Crippen molar-refractivity contribution in [3.63, 3.8) is 0 Å². The molecule has 158 valence electrons. The molecule has 3 N–H and O–H groups in total. The zero-order valence-corrected chi connectivity index (χ0v) is 18.2. The van der Waals surface area contributed by atoms with Crippen LogP contribution in [-0.2, 0) is 20.9 Å². The number of amides is 1. The molecule has 1 aromatic heterocycles. The Hall–Kier alpha value is -2.44. The van der Waals surface area contributed by atoms with E-state index in [2.05, 4.69) is 10.5 Å². The predicted octanol–water partition coefficient (Wildman–Crippen LogP) is 4.98. The number of rotatable bonds is 7. The molecule has 0 aliphatic carbocycles. The number of aromatic nitrogens is 1. The Bertz CT molecular complexity index is 1070. The van der Waals surface area contributed by atoms with E-state index in [4.69, 9.17) is 16.1 Å². The maximum Gasteiger partial charge on any atom is 0.335 e. The fourth-order valence-corrected chi connectivity index (χ4v) is 3.49. The second kappa shape index (κ2) is 8.74. The molecular formula is C21H22ClN2O5P. The smallest absolute Gasteiger partial charge is 0.335 e. The number of hydrogen-bond acceptors (Lipinski definition) is 4. The van der Waals surface area contributed by atoms with Gasteiger partial charge in [-0.05, 0) is 62.2 Å². The van der Waals surface area contributed by atoms with Gasteiger partial charge in [-0.25, -0.2) is 0 Å². The summed E-state index contributed by atoms with van der Waals surface area (Å²) in [6.45, 7) is 2.97. The number of hydrogen-bond donors (Lipinski definition) is 3. The highest BCUT2D eigenvalue weighted by Gasteiger charge is 2.39. The summed E-state index contributed by atoms with van der Waals surface area (Å²) < 4.78 is 17.0. The first-order valence-electron chi connectivity index (χ1n) is 9.23. The van der Waals surface area contributed by atoms with Crippen LogP contribution in [0.4, 0.5) is 5.69 Å². The van der Waals surface area contributed by atoms with E-state index in [0.29, 0.717) is 28.5 Å². The van der Waals surface area contributed by atoms with E-state index in [1.54, 1.807) is 42.6 Å². The van der Waals surface area contributed by atoms with Crippen molar-refractivity contribution in [2.75, 3.05) is 5.32 Å². The van der Waals surface area contributed by atoms with Crippen molar-refractivity contribution in [3.8, 4) is 11.3 Å². The lowest BCUT2D eigenvalue weighted by molar-refractivity contribution is -0.116. The van der Waals surface area contributed by atoms with Gasteiger partial charge >= 0.3 is 7.60 Å². The topological polar surface area (TPSA) is 113 Å². The van der Waals surface area contributed by atoms with Gasteiger partial charge in [0.15, 0.2) is 5.76 Å². The van der Waals surface area contributed by atoms with E-state index in [1.807, 2.05) is 12.1 Å². The first-order chi connectivity index (χ1) is 14.1. The van der Waals surface area contributed by atoms with Crippen molar-refractivity contribution in [1.29, 1.82) is 0 Å². The Morgan fingerprint density at radius 3 is 2.37 bits per heavy atom. The molecule has 0 spiro atoms. The molecule has 1 amide bonds. The average molecular weight is 449 g/mol. The summed E-state index contributed by atoms with van der Waals surface area (Å²) in [5.74, 6) is 0.406. The third-order valence-electron chi connectivity index (χ3n) is 4.98. The molecule has 7 nitrogen and oxygen atoms in total. The van der Waals surface area contributed by atoms with Crippen molar-refractivity contribution in [1.82, 2.24) is 5.16 Å². The number of benzene rings is 2. The molecule has 3 aromatic rings. The van der Waals surface area contributed by atoms with Gasteiger partial charge in [0.05, 0.1) is 11.4 Å². The zero-order valence-electron chi connectivity index (χ0n) is 16.5. The lowest BCUT2D eigenvalue weighted by atomic mass is 10.0. The first kappa shape index (κ1) is 22.2. The molecule has 0 fully saturated rings. The van der Waals surface area contributed by atoms with E-state index in [9.17, 15) is 19.1 Å². The van der Waals surface area contributed by atoms with Crippen molar-refractivity contribution < 1.29 is 23.7 Å². The van der Waals surface area contributed by atoms with E-state index >= 15 is 0 Å². The third kappa shape index (κ3) is 4.99. The van der Waals surface area contributed by atoms with Gasteiger partial charge < -0.3 is 19.6 Å². The van der Waals surface area contributed by atoms with Gasteiger partial charge in [-0.3, -0.25) is 9.36 Å². The highest BCUT2D eigenvalue weighted by molar-refractivity contribution is 7.53. The fraction of sp³-hybridized carbons (Fsp3) is 0.238. The maximum absolute atomic E-state index is 12.3. The summed E-state index contributed by atoms with van der Waals surface area (Å²) >= 11 is 5.91. The minimum absolute atomic E-state index is 0.194. The van der Waals surface area contributed by atoms with Gasteiger partial charge in [0.2, 0.25) is 5.91 Å². The number of aryl methyl sites for hydroxylation is 1. The first-order valence-corrected chi connectivity index (χ1v) is 11.2. The summed E-state index contributed by atoms with van der Waals surface area (Å²) in [7, 11) is -4.31. The van der Waals surface area contributed by atoms with Gasteiger partial charge in [-0.2, -0.15) is 0 Å². The fourth-order valence-electron chi connectivity index (χ4n) is 2.88. The van der Waals surface area contributed by atoms with Crippen LogP contribution in [0.2, 0.25) is 5.02 Å². The van der Waals surface area contributed by atoms with Crippen molar-refractivity contribution in [2.24, 2.45) is 0 Å². The quantitative estimate of drug-likeness (QED) is 0.439. The van der Waals surface area contributed by atoms with E-state index < -0.39 is 12.8 Å². The molecule has 0 atom stereocenters. The van der Waals surface area contributed by atoms with Crippen LogP contribution in [0.15, 0.2) is 59.3 Å². The second-order valence-electron chi connectivity index (χ2n) is 7.42. The summed E-state index contributed by atoms with van der Waals surface area (Å²) in [5, 5.41) is 5.94. The average Bonchev–Trinajstić information content (AvgIpc) is 3.15. The SMILES string of the molecule is CC(C)(c1ccc(NC(=O)CCc2cnoc2-c2ccc(Cl)cc2)cc1)P(=O)(O)O. The highest BCUT2D eigenvalue weighted by atomic mass is 35.5. The lowest BCUT2D eigenvalue weighted by Crippen LogP contribution is -2.17. The van der Waals surface area contributed by atoms with Crippen LogP contribution in [0.3, 0.4) is 0 Å². The monoisotopic (exact) mass is 448 g/mol. The molecular weight excluding hydrogens is 427 g/mol. The molecule has 2 aromatic carbocycles. The summed E-state index contributed by atoms with van der Waals surface area (Å²) in [6, 6.07) is 13.6. The number of nitrogens with one attached hydrogen (secondary N) is 1. The van der Waals surface area contributed by atoms with E-state index in [0.717, 1.165) is 11.1 Å². The van der Waals surface area contributed by atoms with Gasteiger partial charge in [-0.15, -0.1) is 0 Å². The lowest BCUT2D eigenvalue weighted by Gasteiger charge is -2.26. The number of carbonyl (C=O) groups is 1. The van der Waals surface area contributed by atoms with Crippen molar-refractivity contribution in [2.45, 2.75) is 31.8 Å². The molecule has 0 aliphatic rings. The highest BCUT2D eigenvalue weighted by Crippen LogP contribution is 2.56. The molecule has 9 heteroatoms. The number of carbonyl (C=O) groups excluding carboxylic acids is 1. The molecule has 0 unspecified atom stereocenters. The van der Waals surface area contributed by atoms with Crippen LogP contribution >= 0.6 is 19.2 Å². The Kier molecular flexibility index (Phi) is 6.48. The Morgan fingerprint density at radius 1 is 1.13 bits per heavy atom. The molecule has 0 bridgehead atoms. The molecule has 0 radical (unpaired) electrons. The molecule has 30 heavy (non-hydrogen) atoms. The Labute approximate surface area is 179 Å². The number of anilines is 1. The Balaban J connectivity index is 1.62. The van der Waals surface area contributed by atoms with E-state index in [1.165, 1.54) is 13.8 Å². The molecule has 0 saturated carbocycles. The second-order valence-corrected chi connectivity index (χ2v) is 10.1. The van der Waals surface area contributed by atoms with Gasteiger partial charge in [0.1, 0.15) is 0 Å². The molecule has 1 heterocycles. The molecule has 0 saturated heterocycles. The van der Waals surface area contributed by atoms with Crippen LogP contribution in [0.5, 0.6) is 0 Å². The van der Waals surface area contributed by atoms with E-state index in [-0.39, 0.29) is 12.3 Å². The van der Waals surface area contributed by atoms with Crippen LogP contribution in [0, 0.1) is 0 Å². The predicted molar refractivity (Wildman–Crippen MR) is 115 cm³/mol. The number of nitrogens with zero attached hydrogens (tertiary/aromatic N) is 1. The van der Waals surface area contributed by atoms with Crippen molar-refractivity contribution >= 4 is 30.8 Å².